The van der Waals surface area contributed by atoms with Crippen molar-refractivity contribution in [1.29, 1.82) is 0 Å². The van der Waals surface area contributed by atoms with Crippen LogP contribution < -0.4 is 5.32 Å². The van der Waals surface area contributed by atoms with Gasteiger partial charge >= 0.3 is 0 Å². The quantitative estimate of drug-likeness (QED) is 0.690. The maximum absolute atomic E-state index is 5.96. The first kappa shape index (κ1) is 17.5. The van der Waals surface area contributed by atoms with E-state index in [0.717, 1.165) is 18.9 Å². The number of methoxy groups -OCH3 is 1. The molecule has 0 radical (unpaired) electrons. The molecule has 1 aliphatic carbocycles. The van der Waals surface area contributed by atoms with Gasteiger partial charge in [-0.3, -0.25) is 0 Å². The highest BCUT2D eigenvalue weighted by Crippen LogP contribution is 2.32. The number of hydrogen-bond acceptors (Lipinski definition) is 3. The molecule has 21 heavy (non-hydrogen) atoms. The number of halogens is 1. The van der Waals surface area contributed by atoms with Crippen molar-refractivity contribution in [2.75, 3.05) is 13.7 Å². The summed E-state index contributed by atoms with van der Waals surface area (Å²) in [6, 6.07) is 2.58. The van der Waals surface area contributed by atoms with E-state index in [0.29, 0.717) is 12.1 Å². The Bertz CT molecular complexity index is 403. The van der Waals surface area contributed by atoms with E-state index in [2.05, 4.69) is 39.6 Å². The lowest BCUT2D eigenvalue weighted by Crippen LogP contribution is -2.47. The Hall–Kier alpha value is 0.1000. The van der Waals surface area contributed by atoms with Crippen LogP contribution in [0.2, 0.25) is 0 Å². The Balaban J connectivity index is 2.06. The predicted octanol–water partition coefficient (Wildman–Crippen LogP) is 5.02. The van der Waals surface area contributed by atoms with Crippen LogP contribution in [0.5, 0.6) is 0 Å². The molecule has 0 aromatic carbocycles. The lowest BCUT2D eigenvalue weighted by Gasteiger charge is -2.35. The van der Waals surface area contributed by atoms with Gasteiger partial charge < -0.3 is 10.1 Å². The summed E-state index contributed by atoms with van der Waals surface area (Å²) >= 11 is 5.52. The fourth-order valence-corrected chi connectivity index (χ4v) is 5.03. The molecule has 0 bridgehead atoms. The van der Waals surface area contributed by atoms with Crippen LogP contribution >= 0.6 is 27.3 Å². The highest BCUT2D eigenvalue weighted by Gasteiger charge is 2.31. The Labute approximate surface area is 141 Å². The molecule has 0 amide bonds. The van der Waals surface area contributed by atoms with Crippen LogP contribution in [0.1, 0.15) is 50.3 Å². The van der Waals surface area contributed by atoms with Crippen molar-refractivity contribution in [2.45, 2.75) is 64.0 Å². The number of ether oxygens (including phenoxy) is 1. The molecule has 0 spiro atoms. The molecule has 0 aliphatic heterocycles. The molecular formula is C17H28BrNOS. The van der Waals surface area contributed by atoms with E-state index in [4.69, 9.17) is 4.74 Å². The molecule has 2 unspecified atom stereocenters. The van der Waals surface area contributed by atoms with Crippen LogP contribution in [0.15, 0.2) is 15.9 Å². The first-order valence-electron chi connectivity index (χ1n) is 8.24. The lowest BCUT2D eigenvalue weighted by atomic mass is 9.81. The molecule has 2 atom stereocenters. The summed E-state index contributed by atoms with van der Waals surface area (Å²) in [5.41, 5.74) is 0. The molecule has 1 aromatic rings. The second kappa shape index (κ2) is 9.29. The summed E-state index contributed by atoms with van der Waals surface area (Å²) in [6.07, 6.45) is 9.36. The van der Waals surface area contributed by atoms with E-state index >= 15 is 0 Å². The van der Waals surface area contributed by atoms with Gasteiger partial charge in [0.05, 0.1) is 6.10 Å². The van der Waals surface area contributed by atoms with Gasteiger partial charge in [0.2, 0.25) is 0 Å². The summed E-state index contributed by atoms with van der Waals surface area (Å²) in [4.78, 5) is 1.43. The highest BCUT2D eigenvalue weighted by atomic mass is 79.9. The van der Waals surface area contributed by atoms with Gasteiger partial charge in [0.25, 0.3) is 0 Å². The Morgan fingerprint density at radius 2 is 2.14 bits per heavy atom. The standard InChI is InChI=1S/C17H28BrNOS/c1-3-10-19-15(12-16-14(18)9-11-21-16)17(20-2)13-7-5-4-6-8-13/h9,11,13,15,17,19H,3-8,10,12H2,1-2H3. The van der Waals surface area contributed by atoms with Crippen LogP contribution in [-0.4, -0.2) is 25.8 Å². The zero-order valence-electron chi connectivity index (χ0n) is 13.2. The third-order valence-electron chi connectivity index (χ3n) is 4.54. The van der Waals surface area contributed by atoms with Crippen LogP contribution in [0.3, 0.4) is 0 Å². The molecule has 1 aromatic heterocycles. The first-order valence-corrected chi connectivity index (χ1v) is 9.91. The molecule has 4 heteroatoms. The topological polar surface area (TPSA) is 21.3 Å². The number of nitrogens with one attached hydrogen (secondary N) is 1. The van der Waals surface area contributed by atoms with E-state index in [9.17, 15) is 0 Å². The zero-order valence-corrected chi connectivity index (χ0v) is 15.6. The summed E-state index contributed by atoms with van der Waals surface area (Å²) < 4.78 is 7.21. The average Bonchev–Trinajstić information content (AvgIpc) is 2.91. The molecule has 0 saturated heterocycles. The normalized spacial score (nSPS) is 19.6. The van der Waals surface area contributed by atoms with E-state index in [1.807, 2.05) is 18.4 Å². The van der Waals surface area contributed by atoms with Crippen molar-refractivity contribution in [3.05, 3.63) is 20.8 Å². The largest absolute Gasteiger partial charge is 0.380 e. The van der Waals surface area contributed by atoms with E-state index in [1.165, 1.54) is 47.9 Å². The van der Waals surface area contributed by atoms with Crippen molar-refractivity contribution in [3.63, 3.8) is 0 Å². The van der Waals surface area contributed by atoms with E-state index in [1.54, 1.807) is 0 Å². The van der Waals surface area contributed by atoms with Gasteiger partial charge in [0, 0.05) is 28.9 Å². The summed E-state index contributed by atoms with van der Waals surface area (Å²) in [6.45, 7) is 3.30. The van der Waals surface area contributed by atoms with Crippen LogP contribution in [0, 0.1) is 5.92 Å². The van der Waals surface area contributed by atoms with Gasteiger partial charge in [0.1, 0.15) is 0 Å². The van der Waals surface area contributed by atoms with Crippen molar-refractivity contribution >= 4 is 27.3 Å². The first-order chi connectivity index (χ1) is 10.3. The minimum Gasteiger partial charge on any atom is -0.380 e. The molecule has 2 nitrogen and oxygen atoms in total. The average molecular weight is 374 g/mol. The molecule has 2 rings (SSSR count). The molecule has 1 heterocycles. The fourth-order valence-electron chi connectivity index (χ4n) is 3.45. The summed E-state index contributed by atoms with van der Waals surface area (Å²) in [7, 11) is 1.89. The Morgan fingerprint density at radius 3 is 2.71 bits per heavy atom. The number of hydrogen-bond donors (Lipinski definition) is 1. The van der Waals surface area contributed by atoms with Crippen molar-refractivity contribution in [2.24, 2.45) is 5.92 Å². The molecule has 120 valence electrons. The summed E-state index contributed by atoms with van der Waals surface area (Å²) in [5, 5.41) is 5.91. The maximum Gasteiger partial charge on any atom is 0.0755 e. The summed E-state index contributed by atoms with van der Waals surface area (Å²) in [5.74, 6) is 0.719. The second-order valence-electron chi connectivity index (χ2n) is 6.05. The predicted molar refractivity (Wildman–Crippen MR) is 95.2 cm³/mol. The van der Waals surface area contributed by atoms with Gasteiger partial charge in [-0.15, -0.1) is 11.3 Å². The minimum atomic E-state index is 0.339. The Morgan fingerprint density at radius 1 is 1.38 bits per heavy atom. The second-order valence-corrected chi connectivity index (χ2v) is 7.91. The lowest BCUT2D eigenvalue weighted by molar-refractivity contribution is 0.00849. The fraction of sp³-hybridized carbons (Fsp3) is 0.765. The van der Waals surface area contributed by atoms with E-state index < -0.39 is 0 Å². The van der Waals surface area contributed by atoms with Crippen molar-refractivity contribution in [3.8, 4) is 0 Å². The van der Waals surface area contributed by atoms with Crippen molar-refractivity contribution < 1.29 is 4.74 Å². The molecular weight excluding hydrogens is 346 g/mol. The molecule has 1 saturated carbocycles. The highest BCUT2D eigenvalue weighted by molar-refractivity contribution is 9.10. The van der Waals surface area contributed by atoms with Gasteiger partial charge in [-0.05, 0) is 59.1 Å². The third kappa shape index (κ3) is 5.05. The van der Waals surface area contributed by atoms with E-state index in [-0.39, 0.29) is 0 Å². The molecule has 1 N–H and O–H groups in total. The Kier molecular flexibility index (Phi) is 7.72. The smallest absolute Gasteiger partial charge is 0.0755 e. The van der Waals surface area contributed by atoms with Gasteiger partial charge in [-0.1, -0.05) is 26.2 Å². The third-order valence-corrected chi connectivity index (χ3v) is 6.48. The van der Waals surface area contributed by atoms with Gasteiger partial charge in [-0.2, -0.15) is 0 Å². The maximum atomic E-state index is 5.96. The molecule has 1 aliphatic rings. The van der Waals surface area contributed by atoms with Crippen molar-refractivity contribution in [1.82, 2.24) is 5.32 Å². The SMILES string of the molecule is CCCNC(Cc1sccc1Br)C(OC)C1CCCCC1. The van der Waals surface area contributed by atoms with Crippen LogP contribution in [0.25, 0.3) is 0 Å². The zero-order chi connectivity index (χ0) is 15.1. The van der Waals surface area contributed by atoms with Crippen LogP contribution in [-0.2, 0) is 11.2 Å². The van der Waals surface area contributed by atoms with Gasteiger partial charge in [-0.25, -0.2) is 0 Å². The molecule has 1 fully saturated rings. The van der Waals surface area contributed by atoms with Gasteiger partial charge in [0.15, 0.2) is 0 Å². The van der Waals surface area contributed by atoms with Crippen LogP contribution in [0.4, 0.5) is 0 Å². The number of thiophene rings is 1. The number of rotatable bonds is 8. The monoisotopic (exact) mass is 373 g/mol. The minimum absolute atomic E-state index is 0.339.